The van der Waals surface area contributed by atoms with Crippen molar-refractivity contribution in [3.63, 3.8) is 0 Å². The van der Waals surface area contributed by atoms with Gasteiger partial charge < -0.3 is 30.3 Å². The van der Waals surface area contributed by atoms with Gasteiger partial charge in [0.05, 0.1) is 42.2 Å². The molecule has 49 heavy (non-hydrogen) atoms. The van der Waals surface area contributed by atoms with Gasteiger partial charge in [-0.3, -0.25) is 19.2 Å². The van der Waals surface area contributed by atoms with Crippen LogP contribution in [0.4, 0.5) is 0 Å². The van der Waals surface area contributed by atoms with E-state index in [9.17, 15) is 19.2 Å². The van der Waals surface area contributed by atoms with Gasteiger partial charge in [-0.05, 0) is 56.9 Å². The van der Waals surface area contributed by atoms with E-state index in [2.05, 4.69) is 31.3 Å². The molecule has 1 saturated carbocycles. The predicted molar refractivity (Wildman–Crippen MR) is 193 cm³/mol. The third-order valence-electron chi connectivity index (χ3n) is 11.3. The molecule has 0 aromatic heterocycles. The van der Waals surface area contributed by atoms with Crippen LogP contribution >= 0.6 is 0 Å². The summed E-state index contributed by atoms with van der Waals surface area (Å²) < 4.78 is 12.0. The predicted octanol–water partition coefficient (Wildman–Crippen LogP) is 4.72. The van der Waals surface area contributed by atoms with Crippen LogP contribution in [0.2, 0.25) is 0 Å². The fourth-order valence-electron chi connectivity index (χ4n) is 7.57. The van der Waals surface area contributed by atoms with E-state index in [0.29, 0.717) is 13.1 Å². The van der Waals surface area contributed by atoms with Crippen LogP contribution < -0.4 is 11.1 Å². The lowest BCUT2D eigenvalue weighted by Gasteiger charge is -2.41. The van der Waals surface area contributed by atoms with E-state index in [4.69, 9.17) is 15.2 Å². The first-order valence-corrected chi connectivity index (χ1v) is 18.3. The lowest BCUT2D eigenvalue weighted by Crippen LogP contribution is -2.54. The third-order valence-corrected chi connectivity index (χ3v) is 11.3. The average Bonchev–Trinajstić information content (AvgIpc) is 3.72. The summed E-state index contributed by atoms with van der Waals surface area (Å²) in [5.74, 6) is -1.52. The summed E-state index contributed by atoms with van der Waals surface area (Å²) in [4.78, 5) is 58.0. The molecule has 1 saturated heterocycles. The summed E-state index contributed by atoms with van der Waals surface area (Å²) in [6.45, 7) is 14.4. The van der Waals surface area contributed by atoms with Crippen LogP contribution in [0.1, 0.15) is 99.0 Å². The number of nitrogens with one attached hydrogen (secondary N) is 1. The highest BCUT2D eigenvalue weighted by atomic mass is 16.5. The molecule has 1 aliphatic carbocycles. The van der Waals surface area contributed by atoms with Gasteiger partial charge in [-0.15, -0.1) is 0 Å². The number of ketones is 1. The van der Waals surface area contributed by atoms with Crippen molar-refractivity contribution in [2.45, 2.75) is 129 Å². The number of rotatable bonds is 19. The minimum Gasteiger partial charge on any atom is -0.379 e. The van der Waals surface area contributed by atoms with Crippen LogP contribution in [0.5, 0.6) is 0 Å². The second-order valence-electron chi connectivity index (χ2n) is 15.7. The van der Waals surface area contributed by atoms with Crippen molar-refractivity contribution in [1.82, 2.24) is 15.1 Å². The number of amides is 3. The van der Waals surface area contributed by atoms with Crippen LogP contribution in [-0.2, 0) is 34.1 Å². The van der Waals surface area contributed by atoms with Crippen LogP contribution in [0.15, 0.2) is 30.3 Å². The number of nitrogens with zero attached hydrogens (tertiary/aromatic N) is 2. The van der Waals surface area contributed by atoms with Crippen LogP contribution in [0.25, 0.3) is 0 Å². The van der Waals surface area contributed by atoms with Crippen LogP contribution in [0, 0.1) is 23.7 Å². The number of hydrogen-bond donors (Lipinski definition) is 2. The van der Waals surface area contributed by atoms with Gasteiger partial charge in [-0.2, -0.15) is 0 Å². The minimum absolute atomic E-state index is 0.00380. The number of methoxy groups -OCH3 is 2. The Kier molecular flexibility index (Phi) is 14.4. The first-order chi connectivity index (χ1) is 23.0. The monoisotopic (exact) mass is 684 g/mol. The summed E-state index contributed by atoms with van der Waals surface area (Å²) >= 11 is 0. The molecule has 2 fully saturated rings. The fraction of sp³-hybridized carbons (Fsp3) is 0.744. The van der Waals surface area contributed by atoms with Gasteiger partial charge in [0.1, 0.15) is 0 Å². The molecule has 276 valence electrons. The highest BCUT2D eigenvalue weighted by Gasteiger charge is 2.46. The second kappa shape index (κ2) is 17.4. The van der Waals surface area contributed by atoms with Crippen molar-refractivity contribution in [2.75, 3.05) is 34.4 Å². The molecule has 1 aliphatic heterocycles. The van der Waals surface area contributed by atoms with Gasteiger partial charge in [-0.1, -0.05) is 71.4 Å². The number of carbonyl (C=O) groups is 4. The largest absolute Gasteiger partial charge is 0.379 e. The smallest absolute Gasteiger partial charge is 0.226 e. The maximum Gasteiger partial charge on any atom is 0.226 e. The van der Waals surface area contributed by atoms with Crippen molar-refractivity contribution in [3.8, 4) is 0 Å². The molecule has 1 heterocycles. The standard InChI is InChI=1S/C39H64N4O6/c1-11-26(4)34(42(8)37(47)29(25(2)3)22-32(44)38(6,7)40)31(48-9)23-33(45)43-21-15-18-30(43)35(49-10)27(5)36(46)41-24-39(19-20-39)28-16-13-12-14-17-28/h12-14,16-17,25-27,29-31,34-35H,11,15,18-24,40H2,1-10H3,(H,41,46). The normalized spacial score (nSPS) is 21.0. The van der Waals surface area contributed by atoms with Gasteiger partial charge in [-0.25, -0.2) is 0 Å². The zero-order valence-electron chi connectivity index (χ0n) is 31.8. The van der Waals surface area contributed by atoms with E-state index in [0.717, 1.165) is 32.1 Å². The molecule has 10 nitrogen and oxygen atoms in total. The molecule has 3 amide bonds. The van der Waals surface area contributed by atoms with Gasteiger partial charge in [0.2, 0.25) is 17.7 Å². The van der Waals surface area contributed by atoms with Gasteiger partial charge >= 0.3 is 0 Å². The zero-order valence-corrected chi connectivity index (χ0v) is 31.8. The molecule has 1 aromatic rings. The van der Waals surface area contributed by atoms with E-state index in [1.54, 1.807) is 40.0 Å². The molecular weight excluding hydrogens is 620 g/mol. The first kappa shape index (κ1) is 40.6. The Morgan fingerprint density at radius 3 is 2.18 bits per heavy atom. The lowest BCUT2D eigenvalue weighted by atomic mass is 9.83. The molecule has 7 atom stereocenters. The highest BCUT2D eigenvalue weighted by Crippen LogP contribution is 2.47. The number of hydrogen-bond acceptors (Lipinski definition) is 7. The van der Waals surface area contributed by atoms with Crippen molar-refractivity contribution in [1.29, 1.82) is 0 Å². The molecule has 10 heteroatoms. The molecule has 7 unspecified atom stereocenters. The molecule has 0 spiro atoms. The minimum atomic E-state index is -1.03. The van der Waals surface area contributed by atoms with Gasteiger partial charge in [0.25, 0.3) is 0 Å². The summed E-state index contributed by atoms with van der Waals surface area (Å²) in [6.07, 6.45) is 3.52. The molecule has 0 bridgehead atoms. The van der Waals surface area contributed by atoms with E-state index in [-0.39, 0.29) is 59.6 Å². The Morgan fingerprint density at radius 2 is 1.67 bits per heavy atom. The van der Waals surface area contributed by atoms with Crippen LogP contribution in [0.3, 0.4) is 0 Å². The maximum atomic E-state index is 14.1. The number of ether oxygens (including phenoxy) is 2. The number of Topliss-reactive ketones (excluding diaryl/α,β-unsaturated/α-hetero) is 1. The Bertz CT molecular complexity index is 1260. The molecule has 2 aliphatic rings. The molecule has 3 N–H and O–H groups in total. The molecular formula is C39H64N4O6. The first-order valence-electron chi connectivity index (χ1n) is 18.3. The Labute approximate surface area is 295 Å². The van der Waals surface area contributed by atoms with Crippen LogP contribution in [-0.4, -0.2) is 97.5 Å². The quantitative estimate of drug-likeness (QED) is 0.216. The fourth-order valence-corrected chi connectivity index (χ4v) is 7.57. The Hall–Kier alpha value is -2.82. The van der Waals surface area contributed by atoms with E-state index >= 15 is 0 Å². The summed E-state index contributed by atoms with van der Waals surface area (Å²) in [5.41, 5.74) is 6.30. The summed E-state index contributed by atoms with van der Waals surface area (Å²) in [7, 11) is 4.95. The number of nitrogens with two attached hydrogens (primary N) is 1. The van der Waals surface area contributed by atoms with E-state index in [1.807, 2.05) is 43.9 Å². The van der Waals surface area contributed by atoms with Gasteiger partial charge in [0, 0.05) is 52.1 Å². The molecule has 3 rings (SSSR count). The average molecular weight is 685 g/mol. The van der Waals surface area contributed by atoms with E-state index in [1.165, 1.54) is 5.56 Å². The third kappa shape index (κ3) is 9.91. The van der Waals surface area contributed by atoms with Crippen molar-refractivity contribution >= 4 is 23.5 Å². The summed E-state index contributed by atoms with van der Waals surface area (Å²) in [5, 5.41) is 3.19. The van der Waals surface area contributed by atoms with Crippen molar-refractivity contribution in [2.24, 2.45) is 29.4 Å². The number of benzene rings is 1. The van der Waals surface area contributed by atoms with Gasteiger partial charge in [0.15, 0.2) is 5.78 Å². The lowest BCUT2D eigenvalue weighted by molar-refractivity contribution is -0.149. The molecule has 1 aromatic carbocycles. The Balaban J connectivity index is 1.73. The maximum absolute atomic E-state index is 14.1. The second-order valence-corrected chi connectivity index (χ2v) is 15.7. The SMILES string of the molecule is CCC(C)C(C(CC(=O)N1CCCC1C(OC)C(C)C(=O)NCC1(c2ccccc2)CC1)OC)N(C)C(=O)C(CC(=O)C(C)(C)N)C(C)C. The Morgan fingerprint density at radius 1 is 1.04 bits per heavy atom. The summed E-state index contributed by atoms with van der Waals surface area (Å²) in [6, 6.07) is 9.69. The van der Waals surface area contributed by atoms with E-state index < -0.39 is 35.6 Å². The number of likely N-dealkylation sites (N-methyl/N-ethyl adjacent to an activating group) is 1. The topological polar surface area (TPSA) is 131 Å². The molecule has 0 radical (unpaired) electrons. The number of likely N-dealkylation sites (tertiary alicyclic amines) is 1. The highest BCUT2D eigenvalue weighted by molar-refractivity contribution is 5.92. The zero-order chi connectivity index (χ0) is 36.7. The van der Waals surface area contributed by atoms with Crippen molar-refractivity contribution in [3.05, 3.63) is 35.9 Å². The van der Waals surface area contributed by atoms with Crippen molar-refractivity contribution < 1.29 is 28.7 Å². The number of carbonyl (C=O) groups excluding carboxylic acids is 4.